The number of nitrogens with two attached hydrogens (primary N) is 1. The van der Waals surface area contributed by atoms with Crippen molar-refractivity contribution in [2.45, 2.75) is 119 Å². The van der Waals surface area contributed by atoms with E-state index in [4.69, 9.17) is 34.5 Å². The van der Waals surface area contributed by atoms with Crippen LogP contribution in [0.15, 0.2) is 29.1 Å². The number of likely N-dealkylation sites (N-methyl/N-ethyl adjacent to an activating group) is 1. The Labute approximate surface area is 358 Å². The molecule has 1 fully saturated rings. The molecule has 63 heavy (non-hydrogen) atoms. The second kappa shape index (κ2) is 22.1. The van der Waals surface area contributed by atoms with Gasteiger partial charge in [0.1, 0.15) is 48.4 Å². The molecule has 1 amide bonds. The van der Waals surface area contributed by atoms with E-state index in [0.717, 1.165) is 0 Å². The van der Waals surface area contributed by atoms with E-state index < -0.39 is 126 Å². The lowest BCUT2D eigenvalue weighted by atomic mass is 9.97. The first kappa shape index (κ1) is 50.7. The Morgan fingerprint density at radius 3 is 2.27 bits per heavy atom. The Morgan fingerprint density at radius 1 is 1.02 bits per heavy atom. The molecule has 1 unspecified atom stereocenters. The maximum absolute atomic E-state index is 12.8. The van der Waals surface area contributed by atoms with Gasteiger partial charge in [0.05, 0.1) is 25.4 Å². The monoisotopic (exact) mass is 919 g/mol. The SMILES string of the molecule is C[C@@H]1Nc2nc(N)[nH]c(=O)c2N(C)[C@H]1[C@@H](C)Nc1ccc(C[C@H](O)[C@H](O)[C@H](O)CO[C@H]2O[C@H](COP(=O)(O)O[C@@H](CCC(=O)O)C(=O)N[C@@H](CCC(=O)O)C(=O)O)[C@@H](O)[C@H]2O)cc1. The largest absolute Gasteiger partial charge is 0.481 e. The van der Waals surface area contributed by atoms with Crippen LogP contribution in [0.5, 0.6) is 0 Å². The average molecular weight is 920 g/mol. The number of aromatic nitrogens is 2. The molecular formula is C36H54N7O19P. The van der Waals surface area contributed by atoms with Crippen LogP contribution in [0.1, 0.15) is 45.1 Å². The van der Waals surface area contributed by atoms with E-state index in [1.54, 1.807) is 31.3 Å². The number of nitrogen functional groups attached to an aromatic ring is 1. The third-order valence-corrected chi connectivity index (χ3v) is 11.3. The summed E-state index contributed by atoms with van der Waals surface area (Å²) in [5.41, 5.74) is 6.96. The number of aromatic amines is 1. The first-order chi connectivity index (χ1) is 29.5. The molecule has 2 aliphatic heterocycles. The van der Waals surface area contributed by atoms with Crippen LogP contribution in [0.3, 0.4) is 0 Å². The number of ether oxygens (including phenoxy) is 2. The minimum absolute atomic E-state index is 0.00338. The number of rotatable bonds is 24. The number of carbonyl (C=O) groups excluding carboxylic acids is 1. The number of anilines is 4. The number of carboxylic acid groups (broad SMARTS) is 3. The maximum atomic E-state index is 12.8. The Bertz CT molecular complexity index is 2010. The number of nitrogens with zero attached hydrogens (tertiary/aromatic N) is 2. The number of H-pyrrole nitrogens is 1. The van der Waals surface area contributed by atoms with Crippen LogP contribution in [0.4, 0.5) is 23.1 Å². The van der Waals surface area contributed by atoms with E-state index in [9.17, 15) is 64.1 Å². The highest BCUT2D eigenvalue weighted by atomic mass is 31.2. The van der Waals surface area contributed by atoms with Crippen molar-refractivity contribution in [1.82, 2.24) is 15.3 Å². The third kappa shape index (κ3) is 14.0. The fraction of sp³-hybridized carbons (Fsp3) is 0.611. The number of aliphatic hydroxyl groups excluding tert-OH is 5. The number of phosphoric ester groups is 1. The second-order valence-corrected chi connectivity index (χ2v) is 16.5. The summed E-state index contributed by atoms with van der Waals surface area (Å²) in [4.78, 5) is 77.7. The van der Waals surface area contributed by atoms with Crippen LogP contribution in [-0.4, -0.2) is 173 Å². The van der Waals surface area contributed by atoms with Gasteiger partial charge in [0, 0.05) is 44.1 Å². The standard InChI is InChI=1S/C36H54N7O19P/c1-15(26-16(2)39-31-27(43(26)3)33(54)42-36(37)41-31)38-18-6-4-17(5-7-18)12-20(44)28(50)21(45)13-59-35-30(52)29(51)23(61-35)14-60-63(57,58)62-22(9-11-25(48)49)32(53)40-19(34(55)56)8-10-24(46)47/h4-7,15-16,19-23,26,28-30,35,38,44-45,50-52H,8-14H2,1-3H3,(H,40,53)(H,46,47)(H,48,49)(H,55,56)(H,57,58)(H4,37,39,41,42,54)/t15-,16+,19+,20+,21-,22+,23-,26+,28+,29-,30-,35+/m1/s1. The summed E-state index contributed by atoms with van der Waals surface area (Å²) in [6, 6.07) is 4.59. The highest BCUT2D eigenvalue weighted by Crippen LogP contribution is 2.46. The first-order valence-corrected chi connectivity index (χ1v) is 21.0. The molecule has 2 aromatic rings. The number of hydrogen-bond donors (Lipinski definition) is 14. The lowest BCUT2D eigenvalue weighted by Crippen LogP contribution is -2.57. The van der Waals surface area contributed by atoms with Crippen LogP contribution in [0, 0.1) is 0 Å². The lowest BCUT2D eigenvalue weighted by Gasteiger charge is -2.43. The third-order valence-electron chi connectivity index (χ3n) is 10.3. The van der Waals surface area contributed by atoms with Crippen molar-refractivity contribution >= 4 is 54.8 Å². The van der Waals surface area contributed by atoms with Gasteiger partial charge in [-0.1, -0.05) is 12.1 Å². The predicted molar refractivity (Wildman–Crippen MR) is 216 cm³/mol. The van der Waals surface area contributed by atoms with Gasteiger partial charge in [-0.25, -0.2) is 9.36 Å². The molecule has 4 rings (SSSR count). The zero-order chi connectivity index (χ0) is 46.9. The molecule has 0 radical (unpaired) electrons. The molecule has 0 saturated carbocycles. The second-order valence-electron chi connectivity index (χ2n) is 15.1. The van der Waals surface area contributed by atoms with Gasteiger partial charge >= 0.3 is 25.7 Å². The van der Waals surface area contributed by atoms with Gasteiger partial charge < -0.3 is 81.8 Å². The summed E-state index contributed by atoms with van der Waals surface area (Å²) in [6.07, 6.45) is -17.0. The summed E-state index contributed by atoms with van der Waals surface area (Å²) in [7, 11) is -3.54. The summed E-state index contributed by atoms with van der Waals surface area (Å²) in [5.74, 6) is -5.48. The van der Waals surface area contributed by atoms with Gasteiger partial charge in [-0.15, -0.1) is 0 Å². The summed E-state index contributed by atoms with van der Waals surface area (Å²) < 4.78 is 33.0. The molecule has 352 valence electrons. The van der Waals surface area contributed by atoms with Crippen LogP contribution >= 0.6 is 7.82 Å². The number of hydrogen-bond acceptors (Lipinski definition) is 20. The predicted octanol–water partition coefficient (Wildman–Crippen LogP) is -2.64. The Balaban J connectivity index is 1.25. The molecule has 1 saturated heterocycles. The van der Waals surface area contributed by atoms with Crippen molar-refractivity contribution in [2.24, 2.45) is 0 Å². The summed E-state index contributed by atoms with van der Waals surface area (Å²) in [5, 5.41) is 88.6. The number of phosphoric acid groups is 1. The number of carboxylic acids is 3. The van der Waals surface area contributed by atoms with Gasteiger partial charge in [0.2, 0.25) is 5.95 Å². The topological polar surface area (TPSA) is 415 Å². The highest BCUT2D eigenvalue weighted by Gasteiger charge is 2.46. The molecule has 13 atom stereocenters. The van der Waals surface area contributed by atoms with E-state index in [0.29, 0.717) is 22.8 Å². The zero-order valence-corrected chi connectivity index (χ0v) is 35.1. The van der Waals surface area contributed by atoms with Gasteiger partial charge in [0.25, 0.3) is 11.5 Å². The van der Waals surface area contributed by atoms with Crippen molar-refractivity contribution in [1.29, 1.82) is 0 Å². The summed E-state index contributed by atoms with van der Waals surface area (Å²) in [6.45, 7) is 2.15. The molecule has 0 aliphatic carbocycles. The van der Waals surface area contributed by atoms with Gasteiger partial charge in [-0.3, -0.25) is 33.2 Å². The van der Waals surface area contributed by atoms with Crippen molar-refractivity contribution in [3.05, 3.63) is 40.2 Å². The number of carbonyl (C=O) groups is 4. The van der Waals surface area contributed by atoms with Gasteiger partial charge in [-0.05, 0) is 44.4 Å². The molecule has 2 aliphatic rings. The van der Waals surface area contributed by atoms with E-state index in [1.165, 1.54) is 0 Å². The fourth-order valence-corrected chi connectivity index (χ4v) is 8.01. The number of fused-ring (bicyclic) bond motifs is 1. The van der Waals surface area contributed by atoms with Crippen LogP contribution in [0.25, 0.3) is 0 Å². The number of amides is 1. The molecule has 0 bridgehead atoms. The van der Waals surface area contributed by atoms with Crippen molar-refractivity contribution in [2.75, 3.05) is 41.5 Å². The minimum atomic E-state index is -5.33. The molecule has 0 spiro atoms. The average Bonchev–Trinajstić information content (AvgIpc) is 3.46. The maximum Gasteiger partial charge on any atom is 0.473 e. The quantitative estimate of drug-likeness (QED) is 0.0479. The molecule has 15 N–H and O–H groups in total. The highest BCUT2D eigenvalue weighted by molar-refractivity contribution is 7.47. The van der Waals surface area contributed by atoms with Crippen molar-refractivity contribution in [3.8, 4) is 0 Å². The number of benzene rings is 1. The van der Waals surface area contributed by atoms with Gasteiger partial charge in [0.15, 0.2) is 12.1 Å². The normalized spacial score (nSPS) is 24.7. The van der Waals surface area contributed by atoms with E-state index in [1.807, 2.05) is 24.1 Å². The number of nitrogens with one attached hydrogen (secondary N) is 4. The lowest BCUT2D eigenvalue weighted by molar-refractivity contribution is -0.192. The molecule has 1 aromatic carbocycles. The van der Waals surface area contributed by atoms with E-state index in [2.05, 4.69) is 20.6 Å². The van der Waals surface area contributed by atoms with Crippen molar-refractivity contribution in [3.63, 3.8) is 0 Å². The first-order valence-electron chi connectivity index (χ1n) is 19.5. The minimum Gasteiger partial charge on any atom is -0.481 e. The van der Waals surface area contributed by atoms with Crippen LogP contribution < -0.4 is 32.1 Å². The molecule has 26 nitrogen and oxygen atoms in total. The van der Waals surface area contributed by atoms with Crippen LogP contribution in [-0.2, 0) is 48.7 Å². The fourth-order valence-electron chi connectivity index (χ4n) is 7.09. The molecular weight excluding hydrogens is 865 g/mol. The van der Waals surface area contributed by atoms with Crippen molar-refractivity contribution < 1.29 is 88.0 Å². The van der Waals surface area contributed by atoms with Crippen LogP contribution in [0.2, 0.25) is 0 Å². The Kier molecular flexibility index (Phi) is 17.7. The zero-order valence-electron chi connectivity index (χ0n) is 34.2. The van der Waals surface area contributed by atoms with E-state index >= 15 is 0 Å². The van der Waals surface area contributed by atoms with E-state index in [-0.39, 0.29) is 36.1 Å². The summed E-state index contributed by atoms with van der Waals surface area (Å²) >= 11 is 0. The number of aliphatic carboxylic acids is 3. The van der Waals surface area contributed by atoms with Gasteiger partial charge in [-0.2, -0.15) is 4.98 Å². The molecule has 1 aromatic heterocycles. The smallest absolute Gasteiger partial charge is 0.473 e. The Hall–Kier alpha value is -4.99. The molecule has 27 heteroatoms. The number of aliphatic hydroxyl groups is 5. The Morgan fingerprint density at radius 2 is 1.65 bits per heavy atom. The molecule has 3 heterocycles.